The highest BCUT2D eigenvalue weighted by molar-refractivity contribution is 7.95. The number of ether oxygens (including phenoxy) is 2. The van der Waals surface area contributed by atoms with E-state index in [2.05, 4.69) is 21.2 Å². The summed E-state index contributed by atoms with van der Waals surface area (Å²) in [5.74, 6) is 0.384. The molecule has 0 spiro atoms. The van der Waals surface area contributed by atoms with Gasteiger partial charge in [-0.2, -0.15) is 9.46 Å². The zero-order valence-corrected chi connectivity index (χ0v) is 24.8. The number of nitrogens with one attached hydrogen (secondary N) is 3. The van der Waals surface area contributed by atoms with Crippen molar-refractivity contribution in [2.24, 2.45) is 15.4 Å². The van der Waals surface area contributed by atoms with Crippen molar-refractivity contribution in [1.82, 2.24) is 10.7 Å². The van der Waals surface area contributed by atoms with Crippen LogP contribution in [0.25, 0.3) is 0 Å². The molecular weight excluding hydrogens is 526 g/mol. The lowest BCUT2D eigenvalue weighted by Crippen LogP contribution is -2.40. The first-order valence-electron chi connectivity index (χ1n) is 12.9. The molecule has 10 nitrogen and oxygen atoms in total. The maximum Gasteiger partial charge on any atom is 0.411 e. The number of anilines is 1. The van der Waals surface area contributed by atoms with Gasteiger partial charge in [0.15, 0.2) is 5.84 Å². The first-order valence-corrected chi connectivity index (χ1v) is 14.9. The molecular formula is C26H39N5O5S2. The Labute approximate surface area is 230 Å². The van der Waals surface area contributed by atoms with Gasteiger partial charge in [-0.05, 0) is 92.3 Å². The number of rotatable bonds is 5. The minimum Gasteiger partial charge on any atom is -0.447 e. The summed E-state index contributed by atoms with van der Waals surface area (Å²) in [6.45, 7) is 12.7. The van der Waals surface area contributed by atoms with E-state index in [-0.39, 0.29) is 24.2 Å². The smallest absolute Gasteiger partial charge is 0.411 e. The van der Waals surface area contributed by atoms with Crippen LogP contribution in [0.4, 0.5) is 15.3 Å². The van der Waals surface area contributed by atoms with Gasteiger partial charge in [-0.3, -0.25) is 10.7 Å². The van der Waals surface area contributed by atoms with Gasteiger partial charge in [-0.1, -0.05) is 12.2 Å². The SMILES string of the molecule is CC(C)OC(=O)Nc1ccc2c(c1)S(=O)(C(C)(C)C)=N/C(C1CCC(NC(=O)OC(C)C)CC1)=N\NC2=S. The molecule has 1 aromatic carbocycles. The van der Waals surface area contributed by atoms with E-state index in [1.165, 1.54) is 0 Å². The molecule has 1 aromatic rings. The highest BCUT2D eigenvalue weighted by Crippen LogP contribution is 2.35. The van der Waals surface area contributed by atoms with Gasteiger partial charge < -0.3 is 14.8 Å². The summed E-state index contributed by atoms with van der Waals surface area (Å²) in [6, 6.07) is 5.05. The zero-order chi connectivity index (χ0) is 28.3. The number of amidine groups is 1. The Bertz CT molecular complexity index is 1220. The number of thiocarbonyl (C=S) groups is 1. The monoisotopic (exact) mass is 565 g/mol. The number of carbonyl (C=O) groups is 2. The second-order valence-corrected chi connectivity index (χ2v) is 14.4. The summed E-state index contributed by atoms with van der Waals surface area (Å²) in [5.41, 5.74) is 3.91. The number of fused-ring (bicyclic) bond motifs is 1. The molecule has 1 unspecified atom stereocenters. The number of alkyl carbamates (subject to hydrolysis) is 1. The van der Waals surface area contributed by atoms with E-state index < -0.39 is 26.7 Å². The Kier molecular flexibility index (Phi) is 9.40. The lowest BCUT2D eigenvalue weighted by Gasteiger charge is -2.32. The second-order valence-electron chi connectivity index (χ2n) is 11.1. The summed E-state index contributed by atoms with van der Waals surface area (Å²) >= 11 is 5.62. The molecule has 2 aliphatic rings. The summed E-state index contributed by atoms with van der Waals surface area (Å²) in [5, 5.41) is 10.1. The number of amides is 2. The molecule has 1 fully saturated rings. The van der Waals surface area contributed by atoms with E-state index >= 15 is 0 Å². The third kappa shape index (κ3) is 7.22. The molecule has 0 bridgehead atoms. The van der Waals surface area contributed by atoms with Crippen LogP contribution < -0.4 is 16.1 Å². The number of benzene rings is 1. The largest absolute Gasteiger partial charge is 0.447 e. The van der Waals surface area contributed by atoms with Gasteiger partial charge in [-0.15, -0.1) is 0 Å². The van der Waals surface area contributed by atoms with Crippen molar-refractivity contribution < 1.29 is 23.3 Å². The Balaban J connectivity index is 1.93. The number of hydrazone groups is 1. The number of hydrogen-bond donors (Lipinski definition) is 3. The van der Waals surface area contributed by atoms with Crippen LogP contribution in [0.5, 0.6) is 0 Å². The van der Waals surface area contributed by atoms with Crippen LogP contribution >= 0.6 is 12.2 Å². The van der Waals surface area contributed by atoms with Crippen LogP contribution in [0.2, 0.25) is 0 Å². The molecule has 12 heteroatoms. The number of carbonyl (C=O) groups excluding carboxylic acids is 2. The molecule has 1 heterocycles. The quantitative estimate of drug-likeness (QED) is 0.399. The molecule has 0 radical (unpaired) electrons. The average molecular weight is 566 g/mol. The predicted octanol–water partition coefficient (Wildman–Crippen LogP) is 5.55. The van der Waals surface area contributed by atoms with Crippen molar-refractivity contribution in [1.29, 1.82) is 0 Å². The van der Waals surface area contributed by atoms with Gasteiger partial charge in [0.2, 0.25) is 0 Å². The maximum atomic E-state index is 14.8. The van der Waals surface area contributed by atoms with E-state index in [1.807, 2.05) is 34.6 Å². The van der Waals surface area contributed by atoms with E-state index in [1.54, 1.807) is 32.0 Å². The first kappa shape index (κ1) is 29.8. The lowest BCUT2D eigenvalue weighted by atomic mass is 9.85. The van der Waals surface area contributed by atoms with Crippen LogP contribution in [-0.2, 0) is 19.2 Å². The Morgan fingerprint density at radius 3 is 2.24 bits per heavy atom. The van der Waals surface area contributed by atoms with Gasteiger partial charge in [0.25, 0.3) is 0 Å². The molecule has 1 atom stereocenters. The highest BCUT2D eigenvalue weighted by Gasteiger charge is 2.36. The normalized spacial score (nSPS) is 25.1. The Hall–Kier alpha value is -2.73. The van der Waals surface area contributed by atoms with Crippen LogP contribution in [-0.4, -0.2) is 50.2 Å². The predicted molar refractivity (Wildman–Crippen MR) is 153 cm³/mol. The van der Waals surface area contributed by atoms with Gasteiger partial charge >= 0.3 is 12.2 Å². The fourth-order valence-corrected chi connectivity index (χ4v) is 6.82. The molecule has 0 saturated heterocycles. The van der Waals surface area contributed by atoms with E-state index in [0.29, 0.717) is 39.8 Å². The average Bonchev–Trinajstić information content (AvgIpc) is 2.79. The van der Waals surface area contributed by atoms with Gasteiger partial charge in [0, 0.05) is 23.2 Å². The second kappa shape index (κ2) is 12.0. The first-order chi connectivity index (χ1) is 17.7. The summed E-state index contributed by atoms with van der Waals surface area (Å²) in [7, 11) is -3.10. The standard InChI is InChI=1S/C26H39N5O5S2/c1-15(2)35-24(32)27-18-10-8-17(9-11-18)22-29-30-23(37)20-13-12-19(28-25(33)36-16(3)4)14-21(20)38(34,31-22)26(5,6)7/h12-18H,8-11H2,1-7H3,(H,27,32)(H,28,33)(H,30,37). The lowest BCUT2D eigenvalue weighted by molar-refractivity contribution is 0.109. The van der Waals surface area contributed by atoms with Crippen LogP contribution in [0, 0.1) is 5.92 Å². The Morgan fingerprint density at radius 1 is 1.05 bits per heavy atom. The van der Waals surface area contributed by atoms with Crippen molar-refractivity contribution in [3.63, 3.8) is 0 Å². The van der Waals surface area contributed by atoms with Gasteiger partial charge in [0.1, 0.15) is 4.99 Å². The minimum atomic E-state index is -3.10. The summed E-state index contributed by atoms with van der Waals surface area (Å²) < 4.78 is 29.3. The van der Waals surface area contributed by atoms with Crippen molar-refractivity contribution in [3.05, 3.63) is 23.8 Å². The molecule has 1 saturated carbocycles. The van der Waals surface area contributed by atoms with Crippen LogP contribution in [0.1, 0.15) is 79.7 Å². The molecule has 210 valence electrons. The van der Waals surface area contributed by atoms with Crippen molar-refractivity contribution in [3.8, 4) is 0 Å². The van der Waals surface area contributed by atoms with Crippen molar-refractivity contribution in [2.45, 2.75) is 102 Å². The third-order valence-electron chi connectivity index (χ3n) is 6.19. The topological polar surface area (TPSA) is 130 Å². The molecule has 1 aliphatic carbocycles. The Morgan fingerprint density at radius 2 is 1.66 bits per heavy atom. The number of hydrogen-bond acceptors (Lipinski definition) is 8. The summed E-state index contributed by atoms with van der Waals surface area (Å²) in [4.78, 5) is 25.0. The van der Waals surface area contributed by atoms with Crippen LogP contribution in [0.3, 0.4) is 0 Å². The maximum absolute atomic E-state index is 14.8. The minimum absolute atomic E-state index is 0.00684. The zero-order valence-electron chi connectivity index (χ0n) is 23.1. The molecule has 0 aromatic heterocycles. The molecule has 1 aliphatic heterocycles. The van der Waals surface area contributed by atoms with Crippen molar-refractivity contribution >= 4 is 50.6 Å². The number of nitrogens with zero attached hydrogens (tertiary/aromatic N) is 2. The van der Waals surface area contributed by atoms with E-state index in [9.17, 15) is 13.8 Å². The molecule has 38 heavy (non-hydrogen) atoms. The summed E-state index contributed by atoms with van der Waals surface area (Å²) in [6.07, 6.45) is 1.36. The van der Waals surface area contributed by atoms with E-state index in [0.717, 1.165) is 12.8 Å². The molecule has 2 amide bonds. The van der Waals surface area contributed by atoms with Gasteiger partial charge in [0.05, 0.1) is 31.6 Å². The third-order valence-corrected chi connectivity index (χ3v) is 9.54. The fraction of sp³-hybridized carbons (Fsp3) is 0.615. The van der Waals surface area contributed by atoms with Crippen molar-refractivity contribution in [2.75, 3.05) is 5.32 Å². The molecule has 3 N–H and O–H groups in total. The van der Waals surface area contributed by atoms with Crippen LogP contribution in [0.15, 0.2) is 32.6 Å². The fourth-order valence-electron chi connectivity index (χ4n) is 4.29. The molecule has 3 rings (SSSR count). The van der Waals surface area contributed by atoms with E-state index in [4.69, 9.17) is 26.1 Å². The highest BCUT2D eigenvalue weighted by atomic mass is 32.2. The van der Waals surface area contributed by atoms with Gasteiger partial charge in [-0.25, -0.2) is 13.8 Å².